The first kappa shape index (κ1) is 7.35. The van der Waals surface area contributed by atoms with Gasteiger partial charge in [-0.25, -0.2) is 0 Å². The Kier molecular flexibility index (Phi) is 1.26. The van der Waals surface area contributed by atoms with Crippen molar-refractivity contribution in [2.75, 3.05) is 6.61 Å². The molecular formula is C10H16O. The van der Waals surface area contributed by atoms with E-state index in [2.05, 4.69) is 26.8 Å². The minimum absolute atomic E-state index is 0.172. The van der Waals surface area contributed by atoms with Crippen molar-refractivity contribution < 1.29 is 4.74 Å². The number of hydrogen-bond donors (Lipinski definition) is 0. The van der Waals surface area contributed by atoms with Crippen molar-refractivity contribution in [3.8, 4) is 0 Å². The Morgan fingerprint density at radius 1 is 1.45 bits per heavy atom. The molecule has 1 atom stereocenters. The van der Waals surface area contributed by atoms with E-state index >= 15 is 0 Å². The SMILES string of the molecule is CC1=CC2(CO2)CC(C)(C)C1. The molecule has 1 heteroatoms. The van der Waals surface area contributed by atoms with Crippen LogP contribution in [0.4, 0.5) is 0 Å². The third kappa shape index (κ3) is 1.34. The summed E-state index contributed by atoms with van der Waals surface area (Å²) < 4.78 is 5.47. The van der Waals surface area contributed by atoms with Gasteiger partial charge in [0.05, 0.1) is 6.61 Å². The second-order valence-corrected chi connectivity index (χ2v) is 4.86. The van der Waals surface area contributed by atoms with Crippen LogP contribution in [0.25, 0.3) is 0 Å². The summed E-state index contributed by atoms with van der Waals surface area (Å²) in [6.07, 6.45) is 4.76. The molecule has 0 amide bonds. The lowest BCUT2D eigenvalue weighted by atomic mass is 9.73. The summed E-state index contributed by atoms with van der Waals surface area (Å²) in [7, 11) is 0. The fraction of sp³-hybridized carbons (Fsp3) is 0.800. The molecule has 1 heterocycles. The molecule has 2 rings (SSSR count). The molecule has 0 aromatic rings. The zero-order valence-electron chi connectivity index (χ0n) is 7.61. The maximum absolute atomic E-state index is 5.47. The highest BCUT2D eigenvalue weighted by Crippen LogP contribution is 2.47. The minimum Gasteiger partial charge on any atom is -0.365 e. The van der Waals surface area contributed by atoms with Crippen LogP contribution in [0.5, 0.6) is 0 Å². The molecule has 1 nitrogen and oxygen atoms in total. The molecule has 1 fully saturated rings. The van der Waals surface area contributed by atoms with E-state index < -0.39 is 0 Å². The first-order valence-corrected chi connectivity index (χ1v) is 4.34. The molecule has 1 aliphatic carbocycles. The van der Waals surface area contributed by atoms with E-state index in [9.17, 15) is 0 Å². The van der Waals surface area contributed by atoms with Crippen LogP contribution in [0.1, 0.15) is 33.6 Å². The van der Waals surface area contributed by atoms with Crippen molar-refractivity contribution in [2.24, 2.45) is 5.41 Å². The molecule has 62 valence electrons. The first-order chi connectivity index (χ1) is 5.02. The molecule has 0 radical (unpaired) electrons. The Bertz CT molecular complexity index is 209. The second kappa shape index (κ2) is 1.89. The molecule has 0 saturated carbocycles. The van der Waals surface area contributed by atoms with E-state index in [0.717, 1.165) is 6.61 Å². The van der Waals surface area contributed by atoms with Crippen LogP contribution in [0.15, 0.2) is 11.6 Å². The monoisotopic (exact) mass is 152 g/mol. The fourth-order valence-electron chi connectivity index (χ4n) is 2.46. The second-order valence-electron chi connectivity index (χ2n) is 4.86. The minimum atomic E-state index is 0.172. The van der Waals surface area contributed by atoms with Gasteiger partial charge in [-0.2, -0.15) is 0 Å². The Balaban J connectivity index is 2.24. The zero-order chi connectivity index (χ0) is 8.11. The van der Waals surface area contributed by atoms with Gasteiger partial charge < -0.3 is 4.74 Å². The average molecular weight is 152 g/mol. The normalized spacial score (nSPS) is 40.5. The van der Waals surface area contributed by atoms with E-state index in [-0.39, 0.29) is 5.60 Å². The molecule has 11 heavy (non-hydrogen) atoms. The van der Waals surface area contributed by atoms with Crippen LogP contribution in [0.3, 0.4) is 0 Å². The molecule has 1 spiro atoms. The van der Waals surface area contributed by atoms with Crippen LogP contribution in [0, 0.1) is 5.41 Å². The summed E-state index contributed by atoms with van der Waals surface area (Å²) in [4.78, 5) is 0. The van der Waals surface area contributed by atoms with Gasteiger partial charge in [-0.15, -0.1) is 0 Å². The number of epoxide rings is 1. The van der Waals surface area contributed by atoms with E-state index in [1.54, 1.807) is 0 Å². The molecule has 0 bridgehead atoms. The van der Waals surface area contributed by atoms with Crippen LogP contribution < -0.4 is 0 Å². The quantitative estimate of drug-likeness (QED) is 0.384. The molecule has 0 N–H and O–H groups in total. The summed E-state index contributed by atoms with van der Waals surface area (Å²) in [5.74, 6) is 0. The number of ether oxygens (including phenoxy) is 1. The van der Waals surface area contributed by atoms with Crippen molar-refractivity contribution in [3.05, 3.63) is 11.6 Å². The van der Waals surface area contributed by atoms with Crippen LogP contribution >= 0.6 is 0 Å². The topological polar surface area (TPSA) is 12.5 Å². The smallest absolute Gasteiger partial charge is 0.110 e. The third-order valence-electron chi connectivity index (χ3n) is 2.56. The van der Waals surface area contributed by atoms with Gasteiger partial charge in [-0.05, 0) is 25.2 Å². The van der Waals surface area contributed by atoms with Crippen molar-refractivity contribution >= 4 is 0 Å². The number of rotatable bonds is 0. The Labute approximate surface area is 68.4 Å². The van der Waals surface area contributed by atoms with Crippen LogP contribution in [-0.4, -0.2) is 12.2 Å². The van der Waals surface area contributed by atoms with E-state index in [1.165, 1.54) is 18.4 Å². The average Bonchev–Trinajstić information content (AvgIpc) is 2.41. The van der Waals surface area contributed by atoms with Gasteiger partial charge in [-0.3, -0.25) is 0 Å². The van der Waals surface area contributed by atoms with Crippen LogP contribution in [-0.2, 0) is 4.74 Å². The summed E-state index contributed by atoms with van der Waals surface area (Å²) in [5, 5.41) is 0. The summed E-state index contributed by atoms with van der Waals surface area (Å²) in [6.45, 7) is 7.82. The maximum atomic E-state index is 5.47. The van der Waals surface area contributed by atoms with Gasteiger partial charge >= 0.3 is 0 Å². The standard InChI is InChI=1S/C10H16O/c1-8-4-9(2,3)6-10(5-8)7-11-10/h5H,4,6-7H2,1-3H3. The summed E-state index contributed by atoms with van der Waals surface area (Å²) >= 11 is 0. The van der Waals surface area contributed by atoms with E-state index in [1.807, 2.05) is 0 Å². The predicted octanol–water partition coefficient (Wildman–Crippen LogP) is 2.52. The molecule has 1 aliphatic heterocycles. The lowest BCUT2D eigenvalue weighted by molar-refractivity contribution is 0.216. The van der Waals surface area contributed by atoms with Gasteiger partial charge in [0.2, 0.25) is 0 Å². The van der Waals surface area contributed by atoms with Crippen molar-refractivity contribution in [1.29, 1.82) is 0 Å². The first-order valence-electron chi connectivity index (χ1n) is 4.34. The molecule has 2 aliphatic rings. The Morgan fingerprint density at radius 2 is 2.09 bits per heavy atom. The van der Waals surface area contributed by atoms with Crippen molar-refractivity contribution in [2.45, 2.75) is 39.2 Å². The highest BCUT2D eigenvalue weighted by Gasteiger charge is 2.48. The van der Waals surface area contributed by atoms with E-state index in [0.29, 0.717) is 5.41 Å². The van der Waals surface area contributed by atoms with Crippen molar-refractivity contribution in [1.82, 2.24) is 0 Å². The fourth-order valence-corrected chi connectivity index (χ4v) is 2.46. The third-order valence-corrected chi connectivity index (χ3v) is 2.56. The molecule has 1 unspecified atom stereocenters. The summed E-state index contributed by atoms with van der Waals surface area (Å²) in [6, 6.07) is 0. The zero-order valence-corrected chi connectivity index (χ0v) is 7.61. The number of hydrogen-bond acceptors (Lipinski definition) is 1. The lowest BCUT2D eigenvalue weighted by Crippen LogP contribution is -2.26. The molecule has 0 aromatic heterocycles. The highest BCUT2D eigenvalue weighted by molar-refractivity contribution is 5.22. The Morgan fingerprint density at radius 3 is 2.55 bits per heavy atom. The van der Waals surface area contributed by atoms with Gasteiger partial charge in [0.1, 0.15) is 5.60 Å². The maximum Gasteiger partial charge on any atom is 0.110 e. The van der Waals surface area contributed by atoms with Gasteiger partial charge in [0, 0.05) is 0 Å². The molecular weight excluding hydrogens is 136 g/mol. The molecule has 0 aromatic carbocycles. The molecule has 1 saturated heterocycles. The van der Waals surface area contributed by atoms with Crippen LogP contribution in [0.2, 0.25) is 0 Å². The Hall–Kier alpha value is -0.300. The van der Waals surface area contributed by atoms with E-state index in [4.69, 9.17) is 4.74 Å². The largest absolute Gasteiger partial charge is 0.365 e. The highest BCUT2D eigenvalue weighted by atomic mass is 16.6. The number of allylic oxidation sites excluding steroid dienone is 1. The van der Waals surface area contributed by atoms with Gasteiger partial charge in [-0.1, -0.05) is 25.5 Å². The van der Waals surface area contributed by atoms with Gasteiger partial charge in [0.15, 0.2) is 0 Å². The van der Waals surface area contributed by atoms with Gasteiger partial charge in [0.25, 0.3) is 0 Å². The lowest BCUT2D eigenvalue weighted by Gasteiger charge is -2.32. The predicted molar refractivity (Wildman–Crippen MR) is 45.5 cm³/mol. The summed E-state index contributed by atoms with van der Waals surface area (Å²) in [5.41, 5.74) is 2.12. The van der Waals surface area contributed by atoms with Crippen molar-refractivity contribution in [3.63, 3.8) is 0 Å².